The number of hydrogen-bond donors (Lipinski definition) is 1. The number of pyridine rings is 1. The first-order chi connectivity index (χ1) is 9.37. The van der Waals surface area contributed by atoms with Crippen molar-refractivity contribution in [3.8, 4) is 0 Å². The molecule has 2 rings (SSSR count). The maximum Gasteiger partial charge on any atom is 0.154 e. The number of nitrogens with one attached hydrogen (secondary N) is 1. The third-order valence-corrected chi connectivity index (χ3v) is 5.29. The smallest absolute Gasteiger partial charge is 0.154 e. The maximum atomic E-state index is 11.6. The van der Waals surface area contributed by atoms with Gasteiger partial charge in [-0.05, 0) is 19.1 Å². The molecule has 0 radical (unpaired) electrons. The number of rotatable bonds is 4. The summed E-state index contributed by atoms with van der Waals surface area (Å²) in [6, 6.07) is 4.43. The van der Waals surface area contributed by atoms with E-state index in [1.165, 1.54) is 0 Å². The molecule has 5 nitrogen and oxygen atoms in total. The Kier molecular flexibility index (Phi) is 4.65. The molecule has 1 saturated heterocycles. The van der Waals surface area contributed by atoms with Crippen molar-refractivity contribution in [1.82, 2.24) is 10.3 Å². The Morgan fingerprint density at radius 3 is 2.90 bits per heavy atom. The topological polar surface area (TPSA) is 62.3 Å². The molecule has 2 heterocycles. The van der Waals surface area contributed by atoms with Crippen molar-refractivity contribution in [3.63, 3.8) is 0 Å². The van der Waals surface area contributed by atoms with E-state index >= 15 is 0 Å². The van der Waals surface area contributed by atoms with E-state index in [2.05, 4.69) is 29.0 Å². The SMILES string of the molecule is CC(C)NCc1cc(N2CCS(=O)(=O)CC2C)ccn1. The molecular weight excluding hydrogens is 274 g/mol. The molecule has 1 fully saturated rings. The first-order valence-electron chi connectivity index (χ1n) is 7.03. The molecule has 1 N–H and O–H groups in total. The predicted octanol–water partition coefficient (Wildman–Crippen LogP) is 1.20. The summed E-state index contributed by atoms with van der Waals surface area (Å²) in [5.41, 5.74) is 2.04. The zero-order valence-corrected chi connectivity index (χ0v) is 13.2. The average molecular weight is 297 g/mol. The van der Waals surface area contributed by atoms with E-state index in [4.69, 9.17) is 0 Å². The van der Waals surface area contributed by atoms with Crippen molar-refractivity contribution in [3.05, 3.63) is 24.0 Å². The monoisotopic (exact) mass is 297 g/mol. The normalized spacial score (nSPS) is 22.2. The van der Waals surface area contributed by atoms with E-state index < -0.39 is 9.84 Å². The summed E-state index contributed by atoms with van der Waals surface area (Å²) >= 11 is 0. The van der Waals surface area contributed by atoms with Crippen LogP contribution in [0.1, 0.15) is 26.5 Å². The molecular formula is C14H23N3O2S. The highest BCUT2D eigenvalue weighted by atomic mass is 32.2. The van der Waals surface area contributed by atoms with Crippen molar-refractivity contribution < 1.29 is 8.42 Å². The Bertz CT molecular complexity index is 557. The highest BCUT2D eigenvalue weighted by Crippen LogP contribution is 2.21. The van der Waals surface area contributed by atoms with Gasteiger partial charge in [-0.25, -0.2) is 8.42 Å². The first-order valence-corrected chi connectivity index (χ1v) is 8.85. The van der Waals surface area contributed by atoms with Crippen molar-refractivity contribution in [2.75, 3.05) is 23.0 Å². The molecule has 1 aromatic rings. The minimum absolute atomic E-state index is 0.0158. The van der Waals surface area contributed by atoms with Crippen LogP contribution in [0.15, 0.2) is 18.3 Å². The molecule has 6 heteroatoms. The Balaban J connectivity index is 2.11. The number of sulfone groups is 1. The number of anilines is 1. The molecule has 1 aromatic heterocycles. The lowest BCUT2D eigenvalue weighted by atomic mass is 10.2. The Morgan fingerprint density at radius 2 is 2.25 bits per heavy atom. The summed E-state index contributed by atoms with van der Waals surface area (Å²) in [4.78, 5) is 6.51. The first kappa shape index (κ1) is 15.3. The standard InChI is InChI=1S/C14H23N3O2S/c1-11(2)16-9-13-8-14(4-5-15-13)17-6-7-20(18,19)10-12(17)3/h4-5,8,11-12,16H,6-7,9-10H2,1-3H3. The van der Waals surface area contributed by atoms with Crippen LogP contribution in [0.2, 0.25) is 0 Å². The van der Waals surface area contributed by atoms with Crippen LogP contribution < -0.4 is 10.2 Å². The summed E-state index contributed by atoms with van der Waals surface area (Å²) < 4.78 is 23.3. The van der Waals surface area contributed by atoms with Crippen LogP contribution in [0, 0.1) is 0 Å². The molecule has 0 aliphatic carbocycles. The van der Waals surface area contributed by atoms with Crippen molar-refractivity contribution in [2.45, 2.75) is 39.4 Å². The molecule has 1 aliphatic heterocycles. The van der Waals surface area contributed by atoms with Crippen LogP contribution in [0.25, 0.3) is 0 Å². The zero-order chi connectivity index (χ0) is 14.8. The Hall–Kier alpha value is -1.14. The van der Waals surface area contributed by atoms with Crippen LogP contribution in [-0.2, 0) is 16.4 Å². The Morgan fingerprint density at radius 1 is 1.50 bits per heavy atom. The molecule has 1 unspecified atom stereocenters. The van der Waals surface area contributed by atoms with Gasteiger partial charge in [0.2, 0.25) is 0 Å². The van der Waals surface area contributed by atoms with Gasteiger partial charge in [0.1, 0.15) is 0 Å². The molecule has 0 spiro atoms. The third-order valence-electron chi connectivity index (χ3n) is 3.49. The van der Waals surface area contributed by atoms with E-state index in [0.717, 1.165) is 17.9 Å². The van der Waals surface area contributed by atoms with Crippen molar-refractivity contribution in [2.24, 2.45) is 0 Å². The van der Waals surface area contributed by atoms with Crippen LogP contribution in [0.4, 0.5) is 5.69 Å². The second-order valence-corrected chi connectivity index (χ2v) is 7.93. The lowest BCUT2D eigenvalue weighted by Gasteiger charge is -2.35. The summed E-state index contributed by atoms with van der Waals surface area (Å²) in [5.74, 6) is 0.466. The molecule has 0 bridgehead atoms. The van der Waals surface area contributed by atoms with Crippen LogP contribution in [0.5, 0.6) is 0 Å². The second kappa shape index (κ2) is 6.10. The molecule has 0 aromatic carbocycles. The van der Waals surface area contributed by atoms with Gasteiger partial charge in [-0.3, -0.25) is 4.98 Å². The number of aromatic nitrogens is 1. The molecule has 112 valence electrons. The molecule has 0 saturated carbocycles. The van der Waals surface area contributed by atoms with Gasteiger partial charge in [-0.2, -0.15) is 0 Å². The summed E-state index contributed by atoms with van der Waals surface area (Å²) in [5, 5.41) is 3.34. The molecule has 20 heavy (non-hydrogen) atoms. The van der Waals surface area contributed by atoms with Gasteiger partial charge >= 0.3 is 0 Å². The van der Waals surface area contributed by atoms with E-state index in [1.807, 2.05) is 19.1 Å². The van der Waals surface area contributed by atoms with E-state index in [-0.39, 0.29) is 17.5 Å². The highest BCUT2D eigenvalue weighted by Gasteiger charge is 2.28. The van der Waals surface area contributed by atoms with Crippen molar-refractivity contribution in [1.29, 1.82) is 0 Å². The number of hydrogen-bond acceptors (Lipinski definition) is 5. The molecule has 0 amide bonds. The zero-order valence-electron chi connectivity index (χ0n) is 12.3. The summed E-state index contributed by atoms with van der Waals surface area (Å²) in [7, 11) is -2.87. The van der Waals surface area contributed by atoms with Gasteiger partial charge in [0.15, 0.2) is 9.84 Å². The summed E-state index contributed by atoms with van der Waals surface area (Å²) in [6.45, 7) is 7.45. The van der Waals surface area contributed by atoms with Gasteiger partial charge in [-0.1, -0.05) is 13.8 Å². The van der Waals surface area contributed by atoms with Gasteiger partial charge in [0, 0.05) is 37.1 Å². The second-order valence-electron chi connectivity index (χ2n) is 5.70. The minimum atomic E-state index is -2.87. The fourth-order valence-electron chi connectivity index (χ4n) is 2.43. The van der Waals surface area contributed by atoms with Crippen LogP contribution >= 0.6 is 0 Å². The third kappa shape index (κ3) is 3.93. The van der Waals surface area contributed by atoms with Crippen molar-refractivity contribution >= 4 is 15.5 Å². The lowest BCUT2D eigenvalue weighted by Crippen LogP contribution is -2.47. The summed E-state index contributed by atoms with van der Waals surface area (Å²) in [6.07, 6.45) is 1.79. The van der Waals surface area contributed by atoms with Gasteiger partial charge in [0.25, 0.3) is 0 Å². The quantitative estimate of drug-likeness (QED) is 0.905. The molecule has 1 aliphatic rings. The van der Waals surface area contributed by atoms with Crippen LogP contribution in [-0.4, -0.2) is 43.5 Å². The average Bonchev–Trinajstić information content (AvgIpc) is 2.35. The lowest BCUT2D eigenvalue weighted by molar-refractivity contribution is 0.567. The largest absolute Gasteiger partial charge is 0.367 e. The predicted molar refractivity (Wildman–Crippen MR) is 81.7 cm³/mol. The maximum absolute atomic E-state index is 11.6. The fourth-order valence-corrected chi connectivity index (χ4v) is 3.99. The van der Waals surface area contributed by atoms with Gasteiger partial charge in [0.05, 0.1) is 17.2 Å². The fraction of sp³-hybridized carbons (Fsp3) is 0.643. The van der Waals surface area contributed by atoms with Gasteiger partial charge in [-0.15, -0.1) is 0 Å². The van der Waals surface area contributed by atoms with E-state index in [0.29, 0.717) is 12.6 Å². The minimum Gasteiger partial charge on any atom is -0.367 e. The van der Waals surface area contributed by atoms with E-state index in [9.17, 15) is 8.42 Å². The van der Waals surface area contributed by atoms with Gasteiger partial charge < -0.3 is 10.2 Å². The highest BCUT2D eigenvalue weighted by molar-refractivity contribution is 7.91. The molecule has 1 atom stereocenters. The van der Waals surface area contributed by atoms with Crippen LogP contribution in [0.3, 0.4) is 0 Å². The Labute approximate surface area is 121 Å². The number of nitrogens with zero attached hydrogens (tertiary/aromatic N) is 2. The van der Waals surface area contributed by atoms with E-state index in [1.54, 1.807) is 6.20 Å².